The molecule has 1 saturated heterocycles. The van der Waals surface area contributed by atoms with Crippen LogP contribution in [0.3, 0.4) is 0 Å². The third-order valence-corrected chi connectivity index (χ3v) is 6.03. The van der Waals surface area contributed by atoms with Crippen molar-refractivity contribution in [2.45, 2.75) is 11.6 Å². The van der Waals surface area contributed by atoms with Crippen molar-refractivity contribution in [3.63, 3.8) is 0 Å². The van der Waals surface area contributed by atoms with Crippen LogP contribution in [-0.4, -0.2) is 48.6 Å². The molecule has 2 heterocycles. The lowest BCUT2D eigenvalue weighted by Crippen LogP contribution is -2.32. The Morgan fingerprint density at radius 3 is 2.78 bits per heavy atom. The van der Waals surface area contributed by atoms with Crippen molar-refractivity contribution in [1.82, 2.24) is 15.5 Å². The van der Waals surface area contributed by atoms with Gasteiger partial charge in [-0.15, -0.1) is 10.2 Å². The Balaban J connectivity index is 1.21. The molecule has 1 atom stereocenters. The Morgan fingerprint density at radius 2 is 2.03 bits per heavy atom. The van der Waals surface area contributed by atoms with E-state index in [1.807, 2.05) is 17.0 Å². The lowest BCUT2D eigenvalue weighted by Gasteiger charge is -2.19. The van der Waals surface area contributed by atoms with E-state index in [0.29, 0.717) is 29.9 Å². The highest BCUT2D eigenvalue weighted by atomic mass is 32.2. The summed E-state index contributed by atoms with van der Waals surface area (Å²) in [4.78, 5) is 14.2. The number of aromatic nitrogens is 2. The fourth-order valence-corrected chi connectivity index (χ4v) is 4.06. The normalized spacial score (nSPS) is 15.7. The summed E-state index contributed by atoms with van der Waals surface area (Å²) in [5, 5.41) is 11.2. The van der Waals surface area contributed by atoms with Crippen LogP contribution < -0.4 is 15.0 Å². The van der Waals surface area contributed by atoms with E-state index in [2.05, 4.69) is 15.5 Å². The van der Waals surface area contributed by atoms with Gasteiger partial charge in [0.15, 0.2) is 11.6 Å². The summed E-state index contributed by atoms with van der Waals surface area (Å²) in [6.07, 6.45) is 0.862. The van der Waals surface area contributed by atoms with Gasteiger partial charge in [-0.3, -0.25) is 4.79 Å². The Kier molecular flexibility index (Phi) is 6.89. The molecule has 10 heteroatoms. The van der Waals surface area contributed by atoms with Gasteiger partial charge in [0.25, 0.3) is 5.22 Å². The summed E-state index contributed by atoms with van der Waals surface area (Å²) in [7, 11) is 1.59. The monoisotopic (exact) mass is 460 g/mol. The Hall–Kier alpha value is -3.14. The molecule has 3 aromatic rings. The van der Waals surface area contributed by atoms with Crippen molar-refractivity contribution in [2.75, 3.05) is 37.4 Å². The first-order chi connectivity index (χ1) is 15.5. The Bertz CT molecular complexity index is 1080. The lowest BCUT2D eigenvalue weighted by atomic mass is 10.1. The van der Waals surface area contributed by atoms with Gasteiger partial charge in [-0.1, -0.05) is 11.8 Å². The molecule has 1 aliphatic rings. The minimum atomic E-state index is -0.855. The van der Waals surface area contributed by atoms with E-state index >= 15 is 0 Å². The number of anilines is 1. The predicted molar refractivity (Wildman–Crippen MR) is 117 cm³/mol. The smallest absolute Gasteiger partial charge is 0.277 e. The summed E-state index contributed by atoms with van der Waals surface area (Å²) in [6, 6.07) is 11.1. The average molecular weight is 461 g/mol. The zero-order valence-electron chi connectivity index (χ0n) is 17.4. The van der Waals surface area contributed by atoms with Gasteiger partial charge in [-0.05, 0) is 48.7 Å². The first kappa shape index (κ1) is 22.1. The number of halogens is 2. The van der Waals surface area contributed by atoms with Crippen LogP contribution in [0.2, 0.25) is 0 Å². The first-order valence-electron chi connectivity index (χ1n) is 10.1. The van der Waals surface area contributed by atoms with Crippen LogP contribution in [0, 0.1) is 17.6 Å². The number of benzene rings is 2. The highest BCUT2D eigenvalue weighted by Crippen LogP contribution is 2.26. The molecule has 1 unspecified atom stereocenters. The van der Waals surface area contributed by atoms with Crippen LogP contribution in [0.5, 0.6) is 5.75 Å². The molecule has 0 spiro atoms. The van der Waals surface area contributed by atoms with Crippen molar-refractivity contribution >= 4 is 23.4 Å². The standard InChI is InChI=1S/C22H22F2N4O3S/c1-30-17-5-2-15(3-6-17)21-26-27-22(31-21)32-13-20(29)25-11-14-8-9-28(12-14)16-4-7-18(23)19(24)10-16/h2-7,10,14H,8-9,11-13H2,1H3,(H,25,29). The van der Waals surface area contributed by atoms with Crippen molar-refractivity contribution < 1.29 is 22.7 Å². The van der Waals surface area contributed by atoms with E-state index in [0.717, 1.165) is 30.3 Å². The maximum atomic E-state index is 13.5. The van der Waals surface area contributed by atoms with Crippen LogP contribution in [0.1, 0.15) is 6.42 Å². The quantitative estimate of drug-likeness (QED) is 0.513. The number of hydrogen-bond acceptors (Lipinski definition) is 7. The van der Waals surface area contributed by atoms with E-state index in [4.69, 9.17) is 9.15 Å². The summed E-state index contributed by atoms with van der Waals surface area (Å²) >= 11 is 1.17. The minimum Gasteiger partial charge on any atom is -0.497 e. The second-order valence-corrected chi connectivity index (χ2v) is 8.32. The molecule has 0 bridgehead atoms. The molecule has 7 nitrogen and oxygen atoms in total. The zero-order chi connectivity index (χ0) is 22.5. The fourth-order valence-electron chi connectivity index (χ4n) is 3.47. The lowest BCUT2D eigenvalue weighted by molar-refractivity contribution is -0.118. The topological polar surface area (TPSA) is 80.5 Å². The molecule has 1 fully saturated rings. The van der Waals surface area contributed by atoms with Crippen LogP contribution in [0.25, 0.3) is 11.5 Å². The van der Waals surface area contributed by atoms with Crippen LogP contribution >= 0.6 is 11.8 Å². The number of methoxy groups -OCH3 is 1. The molecule has 0 saturated carbocycles. The summed E-state index contributed by atoms with van der Waals surface area (Å²) < 4.78 is 37.3. The first-order valence-corrected chi connectivity index (χ1v) is 11.1. The second-order valence-electron chi connectivity index (χ2n) is 7.39. The molecule has 0 radical (unpaired) electrons. The van der Waals surface area contributed by atoms with E-state index in [1.165, 1.54) is 17.8 Å². The minimum absolute atomic E-state index is 0.134. The Morgan fingerprint density at radius 1 is 1.22 bits per heavy atom. The van der Waals surface area contributed by atoms with E-state index < -0.39 is 11.6 Å². The molecule has 1 aromatic heterocycles. The average Bonchev–Trinajstić information content (AvgIpc) is 3.48. The number of nitrogens with one attached hydrogen (secondary N) is 1. The number of thioether (sulfide) groups is 1. The van der Waals surface area contributed by atoms with Gasteiger partial charge in [-0.2, -0.15) is 0 Å². The largest absolute Gasteiger partial charge is 0.497 e. The highest BCUT2D eigenvalue weighted by molar-refractivity contribution is 7.99. The number of carbonyl (C=O) groups excluding carboxylic acids is 1. The molecule has 1 amide bonds. The number of carbonyl (C=O) groups is 1. The van der Waals surface area contributed by atoms with Gasteiger partial charge in [0.1, 0.15) is 5.75 Å². The van der Waals surface area contributed by atoms with Crippen molar-refractivity contribution in [3.8, 4) is 17.2 Å². The maximum absolute atomic E-state index is 13.5. The fraction of sp³-hybridized carbons (Fsp3) is 0.318. The molecule has 0 aliphatic carbocycles. The van der Waals surface area contributed by atoms with Crippen molar-refractivity contribution in [3.05, 3.63) is 54.1 Å². The zero-order valence-corrected chi connectivity index (χ0v) is 18.2. The summed E-state index contributed by atoms with van der Waals surface area (Å²) in [6.45, 7) is 1.92. The van der Waals surface area contributed by atoms with Crippen molar-refractivity contribution in [1.29, 1.82) is 0 Å². The molecular formula is C22H22F2N4O3S. The number of rotatable bonds is 8. The van der Waals surface area contributed by atoms with E-state index in [9.17, 15) is 13.6 Å². The molecule has 1 N–H and O–H groups in total. The van der Waals surface area contributed by atoms with Gasteiger partial charge < -0.3 is 19.4 Å². The third kappa shape index (κ3) is 5.37. The van der Waals surface area contributed by atoms with Gasteiger partial charge in [0.2, 0.25) is 11.8 Å². The molecule has 168 valence electrons. The SMILES string of the molecule is COc1ccc(-c2nnc(SCC(=O)NCC3CCN(c4ccc(F)c(F)c4)C3)o2)cc1. The number of ether oxygens (including phenoxy) is 1. The van der Waals surface area contributed by atoms with Gasteiger partial charge in [0, 0.05) is 37.0 Å². The molecule has 4 rings (SSSR count). The summed E-state index contributed by atoms with van der Waals surface area (Å²) in [5.41, 5.74) is 1.42. The predicted octanol–water partition coefficient (Wildman–Crippen LogP) is 3.76. The number of nitrogens with zero attached hydrogens (tertiary/aromatic N) is 3. The molecular weight excluding hydrogens is 438 g/mol. The van der Waals surface area contributed by atoms with Gasteiger partial charge >= 0.3 is 0 Å². The van der Waals surface area contributed by atoms with Crippen LogP contribution in [0.4, 0.5) is 14.5 Å². The van der Waals surface area contributed by atoms with Gasteiger partial charge in [0.05, 0.1) is 12.9 Å². The summed E-state index contributed by atoms with van der Waals surface area (Å²) in [5.74, 6) is -0.343. The van der Waals surface area contributed by atoms with Gasteiger partial charge in [-0.25, -0.2) is 8.78 Å². The Labute approximate surface area is 188 Å². The molecule has 2 aromatic carbocycles. The highest BCUT2D eigenvalue weighted by Gasteiger charge is 2.24. The van der Waals surface area contributed by atoms with Crippen LogP contribution in [-0.2, 0) is 4.79 Å². The second kappa shape index (κ2) is 9.99. The third-order valence-electron chi connectivity index (χ3n) is 5.21. The molecule has 1 aliphatic heterocycles. The number of hydrogen-bond donors (Lipinski definition) is 1. The maximum Gasteiger partial charge on any atom is 0.277 e. The van der Waals surface area contributed by atoms with E-state index in [-0.39, 0.29) is 17.6 Å². The number of amides is 1. The van der Waals surface area contributed by atoms with E-state index in [1.54, 1.807) is 25.3 Å². The van der Waals surface area contributed by atoms with Crippen molar-refractivity contribution in [2.24, 2.45) is 5.92 Å². The molecule has 32 heavy (non-hydrogen) atoms. The van der Waals surface area contributed by atoms with Crippen LogP contribution in [0.15, 0.2) is 52.1 Å².